The van der Waals surface area contributed by atoms with Gasteiger partial charge in [-0.25, -0.2) is 0 Å². The topological polar surface area (TPSA) is 123 Å². The lowest BCUT2D eigenvalue weighted by atomic mass is 10.0. The van der Waals surface area contributed by atoms with E-state index in [-0.39, 0.29) is 17.6 Å². The maximum Gasteiger partial charge on any atom is 0.242 e. The van der Waals surface area contributed by atoms with Gasteiger partial charge in [0.2, 0.25) is 11.8 Å². The number of hydrogen-bond donors (Lipinski definition) is 4. The summed E-state index contributed by atoms with van der Waals surface area (Å²) in [7, 11) is 0. The molecule has 31 heavy (non-hydrogen) atoms. The molecular weight excluding hydrogens is 398 g/mol. The van der Waals surface area contributed by atoms with Crippen molar-refractivity contribution in [3.8, 4) is 5.75 Å². The predicted molar refractivity (Wildman–Crippen MR) is 121 cm³/mol. The highest BCUT2D eigenvalue weighted by atomic mass is 16.5. The first kappa shape index (κ1) is 26.9. The Morgan fingerprint density at radius 2 is 1.61 bits per heavy atom. The fourth-order valence-corrected chi connectivity index (χ4v) is 2.88. The van der Waals surface area contributed by atoms with E-state index in [1.54, 1.807) is 24.3 Å². The third kappa shape index (κ3) is 13.7. The van der Waals surface area contributed by atoms with Crippen LogP contribution in [0.1, 0.15) is 51.0 Å². The smallest absolute Gasteiger partial charge is 0.242 e. The molecule has 0 radical (unpaired) electrons. The Kier molecular flexibility index (Phi) is 15.2. The summed E-state index contributed by atoms with van der Waals surface area (Å²) in [6, 6.07) is 5.99. The van der Waals surface area contributed by atoms with Crippen molar-refractivity contribution in [2.45, 2.75) is 57.9 Å². The molecule has 5 N–H and O–H groups in total. The van der Waals surface area contributed by atoms with Gasteiger partial charge in [-0.2, -0.15) is 0 Å². The van der Waals surface area contributed by atoms with Crippen molar-refractivity contribution in [3.05, 3.63) is 29.8 Å². The van der Waals surface area contributed by atoms with Crippen molar-refractivity contribution < 1.29 is 24.2 Å². The molecule has 1 atom stereocenters. The summed E-state index contributed by atoms with van der Waals surface area (Å²) in [6.45, 7) is 5.74. The van der Waals surface area contributed by atoms with Crippen LogP contribution in [0.3, 0.4) is 0 Å². The molecule has 2 amide bonds. The third-order valence-corrected chi connectivity index (χ3v) is 4.59. The number of amides is 2. The molecule has 0 aliphatic carbocycles. The average molecular weight is 438 g/mol. The maximum atomic E-state index is 12.6. The largest absolute Gasteiger partial charge is 0.508 e. The fourth-order valence-electron chi connectivity index (χ4n) is 2.88. The van der Waals surface area contributed by atoms with E-state index < -0.39 is 6.04 Å². The van der Waals surface area contributed by atoms with Crippen molar-refractivity contribution in [2.75, 3.05) is 39.5 Å². The molecule has 1 aromatic carbocycles. The molecule has 0 saturated heterocycles. The number of aromatic hydroxyl groups is 1. The fraction of sp³-hybridized carbons (Fsp3) is 0.652. The normalized spacial score (nSPS) is 11.8. The summed E-state index contributed by atoms with van der Waals surface area (Å²) in [5.41, 5.74) is 6.27. The van der Waals surface area contributed by atoms with Crippen LogP contribution >= 0.6 is 0 Å². The average Bonchev–Trinajstić information content (AvgIpc) is 2.75. The molecular formula is C23H39N3O5. The first-order chi connectivity index (χ1) is 15.1. The van der Waals surface area contributed by atoms with Crippen LogP contribution in [0.5, 0.6) is 5.75 Å². The van der Waals surface area contributed by atoms with Crippen LogP contribution in [0.25, 0.3) is 0 Å². The second-order valence-electron chi connectivity index (χ2n) is 7.46. The molecule has 176 valence electrons. The zero-order valence-corrected chi connectivity index (χ0v) is 18.7. The lowest BCUT2D eigenvalue weighted by Crippen LogP contribution is -2.48. The first-order valence-electron chi connectivity index (χ1n) is 11.3. The number of phenolic OH excluding ortho intramolecular Hbond substituents is 1. The van der Waals surface area contributed by atoms with Crippen molar-refractivity contribution >= 4 is 11.8 Å². The number of rotatable bonds is 18. The minimum atomic E-state index is -0.649. The predicted octanol–water partition coefficient (Wildman–Crippen LogP) is 1.89. The number of ether oxygens (including phenoxy) is 2. The van der Waals surface area contributed by atoms with Gasteiger partial charge >= 0.3 is 0 Å². The first-order valence-corrected chi connectivity index (χ1v) is 11.3. The molecule has 1 aromatic rings. The summed E-state index contributed by atoms with van der Waals surface area (Å²) in [5.74, 6) is -0.192. The highest BCUT2D eigenvalue weighted by molar-refractivity contribution is 5.87. The number of phenols is 1. The van der Waals surface area contributed by atoms with E-state index in [0.29, 0.717) is 52.2 Å². The Balaban J connectivity index is 2.25. The highest BCUT2D eigenvalue weighted by Crippen LogP contribution is 2.11. The van der Waals surface area contributed by atoms with E-state index in [4.69, 9.17) is 15.2 Å². The van der Waals surface area contributed by atoms with Gasteiger partial charge in [0.25, 0.3) is 0 Å². The molecule has 8 nitrogen and oxygen atoms in total. The summed E-state index contributed by atoms with van der Waals surface area (Å²) in [5, 5.41) is 15.1. The van der Waals surface area contributed by atoms with Crippen LogP contribution in [-0.4, -0.2) is 62.5 Å². The van der Waals surface area contributed by atoms with Gasteiger partial charge in [0.05, 0.1) is 0 Å². The molecule has 0 aliphatic heterocycles. The molecule has 0 fully saturated rings. The molecule has 1 rings (SSSR count). The van der Waals surface area contributed by atoms with Gasteiger partial charge < -0.3 is 30.9 Å². The maximum absolute atomic E-state index is 12.6. The third-order valence-electron chi connectivity index (χ3n) is 4.59. The summed E-state index contributed by atoms with van der Waals surface area (Å²) >= 11 is 0. The Morgan fingerprint density at radius 1 is 1.00 bits per heavy atom. The second kappa shape index (κ2) is 17.5. The summed E-state index contributed by atoms with van der Waals surface area (Å²) < 4.78 is 11.0. The van der Waals surface area contributed by atoms with Gasteiger partial charge in [-0.1, -0.05) is 19.1 Å². The van der Waals surface area contributed by atoms with E-state index >= 15 is 0 Å². The highest BCUT2D eigenvalue weighted by Gasteiger charge is 2.20. The van der Waals surface area contributed by atoms with Crippen LogP contribution in [0, 0.1) is 0 Å². The van der Waals surface area contributed by atoms with E-state index in [1.807, 2.05) is 6.92 Å². The van der Waals surface area contributed by atoms with Crippen molar-refractivity contribution in [1.82, 2.24) is 10.6 Å². The van der Waals surface area contributed by atoms with E-state index in [1.165, 1.54) is 0 Å². The van der Waals surface area contributed by atoms with Crippen LogP contribution in [0.4, 0.5) is 0 Å². The van der Waals surface area contributed by atoms with Gasteiger partial charge in [-0.15, -0.1) is 0 Å². The van der Waals surface area contributed by atoms with Crippen molar-refractivity contribution in [2.24, 2.45) is 5.73 Å². The molecule has 0 bridgehead atoms. The Bertz CT molecular complexity index is 610. The molecule has 0 aromatic heterocycles. The molecule has 0 heterocycles. The van der Waals surface area contributed by atoms with E-state index in [2.05, 4.69) is 10.6 Å². The van der Waals surface area contributed by atoms with Gasteiger partial charge in [-0.05, 0) is 56.3 Å². The zero-order chi connectivity index (χ0) is 22.7. The molecule has 0 spiro atoms. The van der Waals surface area contributed by atoms with Crippen molar-refractivity contribution in [3.63, 3.8) is 0 Å². The van der Waals surface area contributed by atoms with Crippen molar-refractivity contribution in [1.29, 1.82) is 0 Å². The van der Waals surface area contributed by atoms with Crippen LogP contribution in [-0.2, 0) is 25.5 Å². The SMILES string of the molecule is CCCC(=O)N[C@@H](Cc1ccc(O)cc1)C(=O)NCCCOCCCCOCCCN. The Hall–Kier alpha value is -2.16. The molecule has 0 aliphatic rings. The number of carbonyl (C=O) groups excluding carboxylic acids is 2. The lowest BCUT2D eigenvalue weighted by molar-refractivity contribution is -0.129. The monoisotopic (exact) mass is 437 g/mol. The van der Waals surface area contributed by atoms with Gasteiger partial charge in [0.15, 0.2) is 0 Å². The minimum Gasteiger partial charge on any atom is -0.508 e. The number of hydrogen-bond acceptors (Lipinski definition) is 6. The number of unbranched alkanes of at least 4 members (excludes halogenated alkanes) is 1. The zero-order valence-electron chi connectivity index (χ0n) is 18.7. The quantitative estimate of drug-likeness (QED) is 0.260. The van der Waals surface area contributed by atoms with Gasteiger partial charge in [0, 0.05) is 45.8 Å². The summed E-state index contributed by atoms with van der Waals surface area (Å²) in [6.07, 6.45) is 4.95. The summed E-state index contributed by atoms with van der Waals surface area (Å²) in [4.78, 5) is 24.6. The van der Waals surface area contributed by atoms with E-state index in [0.717, 1.165) is 37.9 Å². The number of nitrogens with one attached hydrogen (secondary N) is 2. The molecule has 0 unspecified atom stereocenters. The Morgan fingerprint density at radius 3 is 2.23 bits per heavy atom. The Labute approximate surface area is 185 Å². The number of carbonyl (C=O) groups is 2. The number of nitrogens with two attached hydrogens (primary N) is 1. The van der Waals surface area contributed by atoms with Crippen LogP contribution in [0.15, 0.2) is 24.3 Å². The minimum absolute atomic E-state index is 0.142. The lowest BCUT2D eigenvalue weighted by Gasteiger charge is -2.19. The standard InChI is InChI=1S/C23H39N3O5/c1-2-7-22(28)26-21(18-19-8-10-20(27)11-9-19)23(29)25-13-6-17-31-15-4-3-14-30-16-5-12-24/h8-11,21,27H,2-7,12-18,24H2,1H3,(H,25,29)(H,26,28)/t21-/m0/s1. The number of benzene rings is 1. The second-order valence-corrected chi connectivity index (χ2v) is 7.46. The van der Waals surface area contributed by atoms with Gasteiger partial charge in [-0.3, -0.25) is 9.59 Å². The van der Waals surface area contributed by atoms with Crippen LogP contribution < -0.4 is 16.4 Å². The van der Waals surface area contributed by atoms with Gasteiger partial charge in [0.1, 0.15) is 11.8 Å². The van der Waals surface area contributed by atoms with Crippen LogP contribution in [0.2, 0.25) is 0 Å². The van der Waals surface area contributed by atoms with E-state index in [9.17, 15) is 14.7 Å². The molecule has 0 saturated carbocycles. The molecule has 8 heteroatoms.